The summed E-state index contributed by atoms with van der Waals surface area (Å²) in [7, 11) is 3.33. The number of imidazole rings is 1. The summed E-state index contributed by atoms with van der Waals surface area (Å²) < 4.78 is 12.9. The van der Waals surface area contributed by atoms with Crippen molar-refractivity contribution in [3.05, 3.63) is 81.5 Å². The van der Waals surface area contributed by atoms with Crippen molar-refractivity contribution in [2.45, 2.75) is 52.3 Å². The Labute approximate surface area is 294 Å². The Morgan fingerprint density at radius 2 is 1.82 bits per heavy atom. The van der Waals surface area contributed by atoms with Crippen LogP contribution in [0.2, 0.25) is 10.0 Å². The number of nitrogens with one attached hydrogen (secondary N) is 2. The second kappa shape index (κ2) is 14.9. The van der Waals surface area contributed by atoms with Gasteiger partial charge in [-0.25, -0.2) is 9.78 Å². The molecule has 2 aromatic carbocycles. The van der Waals surface area contributed by atoms with Crippen molar-refractivity contribution in [3.63, 3.8) is 0 Å². The number of carboxylic acids is 1. The molecule has 1 aliphatic rings. The van der Waals surface area contributed by atoms with Gasteiger partial charge in [0.05, 0.1) is 47.2 Å². The second-order valence-corrected chi connectivity index (χ2v) is 13.3. The molecule has 5 rings (SSSR count). The van der Waals surface area contributed by atoms with E-state index in [2.05, 4.69) is 20.6 Å². The van der Waals surface area contributed by atoms with Crippen molar-refractivity contribution in [1.82, 2.24) is 24.8 Å². The Hall–Kier alpha value is -4.65. The van der Waals surface area contributed by atoms with Crippen molar-refractivity contribution in [1.29, 1.82) is 0 Å². The van der Waals surface area contributed by atoms with E-state index in [-0.39, 0.29) is 23.8 Å². The van der Waals surface area contributed by atoms with Crippen LogP contribution in [0.4, 0.5) is 10.5 Å². The summed E-state index contributed by atoms with van der Waals surface area (Å²) in [6.45, 7) is 6.89. The molecule has 3 heterocycles. The van der Waals surface area contributed by atoms with Crippen LogP contribution in [-0.4, -0.2) is 68.3 Å². The predicted octanol–water partition coefficient (Wildman–Crippen LogP) is 6.57. The Morgan fingerprint density at radius 1 is 1.06 bits per heavy atom. The first kappa shape index (κ1) is 35.7. The molecule has 49 heavy (non-hydrogen) atoms. The molecule has 1 aliphatic heterocycles. The maximum atomic E-state index is 13.5. The van der Waals surface area contributed by atoms with Crippen molar-refractivity contribution in [2.75, 3.05) is 25.5 Å². The molecule has 258 valence electrons. The maximum absolute atomic E-state index is 13.5. The zero-order chi connectivity index (χ0) is 35.5. The van der Waals surface area contributed by atoms with Crippen LogP contribution < -0.4 is 15.4 Å². The number of aromatic nitrogens is 3. The summed E-state index contributed by atoms with van der Waals surface area (Å²) in [6.07, 6.45) is 1.75. The number of amides is 2. The van der Waals surface area contributed by atoms with Crippen molar-refractivity contribution in [2.24, 2.45) is 7.05 Å². The van der Waals surface area contributed by atoms with E-state index in [0.717, 1.165) is 11.3 Å². The summed E-state index contributed by atoms with van der Waals surface area (Å²) in [6, 6.07) is 12.6. The molecule has 3 N–H and O–H groups in total. The zero-order valence-corrected chi connectivity index (χ0v) is 29.4. The van der Waals surface area contributed by atoms with E-state index >= 15 is 0 Å². The molecule has 14 heteroatoms. The van der Waals surface area contributed by atoms with E-state index in [1.165, 1.54) is 0 Å². The highest BCUT2D eigenvalue weighted by molar-refractivity contribution is 6.39. The average Bonchev–Trinajstić information content (AvgIpc) is 3.39. The van der Waals surface area contributed by atoms with Gasteiger partial charge in [-0.3, -0.25) is 14.6 Å². The molecule has 0 atom stereocenters. The summed E-state index contributed by atoms with van der Waals surface area (Å²) in [5.74, 6) is -0.536. The number of ether oxygens (including phenoxy) is 2. The fourth-order valence-corrected chi connectivity index (χ4v) is 6.14. The number of aliphatic carboxylic acids is 1. The highest BCUT2D eigenvalue weighted by atomic mass is 35.5. The largest absolute Gasteiger partial charge is 0.496 e. The minimum atomic E-state index is -0.871. The van der Waals surface area contributed by atoms with Gasteiger partial charge in [0.25, 0.3) is 5.91 Å². The van der Waals surface area contributed by atoms with Gasteiger partial charge in [0.15, 0.2) is 5.82 Å². The van der Waals surface area contributed by atoms with Crippen LogP contribution in [0.15, 0.2) is 48.7 Å². The fraction of sp³-hybridized carbons (Fsp3) is 0.343. The second-order valence-electron chi connectivity index (χ2n) is 12.5. The molecule has 2 aromatic heterocycles. The lowest BCUT2D eigenvalue weighted by atomic mass is 10.0. The smallest absolute Gasteiger partial charge is 0.410 e. The topological polar surface area (TPSA) is 148 Å². The summed E-state index contributed by atoms with van der Waals surface area (Å²) in [5.41, 5.74) is 4.54. The highest BCUT2D eigenvalue weighted by Crippen LogP contribution is 2.41. The number of carbonyl (C=O) groups is 3. The monoisotopic (exact) mass is 708 g/mol. The number of fused-ring (bicyclic) bond motifs is 1. The third kappa shape index (κ3) is 8.15. The maximum Gasteiger partial charge on any atom is 0.410 e. The van der Waals surface area contributed by atoms with Crippen LogP contribution in [0.25, 0.3) is 22.4 Å². The van der Waals surface area contributed by atoms with Crippen molar-refractivity contribution >= 4 is 46.9 Å². The van der Waals surface area contributed by atoms with Gasteiger partial charge in [0, 0.05) is 67.2 Å². The minimum Gasteiger partial charge on any atom is -0.496 e. The van der Waals surface area contributed by atoms with Crippen LogP contribution >= 0.6 is 23.2 Å². The van der Waals surface area contributed by atoms with E-state index in [0.29, 0.717) is 70.6 Å². The van der Waals surface area contributed by atoms with Gasteiger partial charge in [-0.15, -0.1) is 0 Å². The van der Waals surface area contributed by atoms with Gasteiger partial charge in [0.2, 0.25) is 0 Å². The number of carboxylic acid groups (broad SMARTS) is 1. The molecule has 0 radical (unpaired) electrons. The summed E-state index contributed by atoms with van der Waals surface area (Å²) in [4.78, 5) is 47.7. The molecular weight excluding hydrogens is 671 g/mol. The van der Waals surface area contributed by atoms with Crippen molar-refractivity contribution in [3.8, 4) is 28.1 Å². The van der Waals surface area contributed by atoms with Gasteiger partial charge >= 0.3 is 12.1 Å². The fourth-order valence-electron chi connectivity index (χ4n) is 5.54. The number of pyridine rings is 1. The zero-order valence-electron chi connectivity index (χ0n) is 27.9. The highest BCUT2D eigenvalue weighted by Gasteiger charge is 2.30. The number of anilines is 1. The quantitative estimate of drug-likeness (QED) is 0.156. The van der Waals surface area contributed by atoms with Crippen LogP contribution in [0.1, 0.15) is 54.8 Å². The molecule has 2 amide bonds. The first-order valence-corrected chi connectivity index (χ1v) is 16.4. The number of hydrogen-bond acceptors (Lipinski definition) is 8. The molecule has 0 saturated heterocycles. The number of halogens is 2. The third-order valence-electron chi connectivity index (χ3n) is 7.93. The Bertz CT molecular complexity index is 1900. The first-order valence-electron chi connectivity index (χ1n) is 15.6. The van der Waals surface area contributed by atoms with Crippen LogP contribution in [0, 0.1) is 0 Å². The molecule has 0 bridgehead atoms. The SMILES string of the molecule is COc1cc(-c2nccc(-c3cccc(NC(=O)c4nc5c(n4C)CCN(C(=O)OC(C)(C)C)C5)c3Cl)c2Cl)ccc1CNCCC(=O)O. The molecule has 0 spiro atoms. The molecule has 0 saturated carbocycles. The predicted molar refractivity (Wildman–Crippen MR) is 187 cm³/mol. The minimum absolute atomic E-state index is 0.0151. The van der Waals surface area contributed by atoms with Crippen molar-refractivity contribution < 1.29 is 29.0 Å². The number of benzene rings is 2. The Balaban J connectivity index is 1.36. The van der Waals surface area contributed by atoms with Gasteiger partial charge < -0.3 is 34.7 Å². The number of rotatable bonds is 10. The lowest BCUT2D eigenvalue weighted by Gasteiger charge is -2.29. The number of hydrogen-bond donors (Lipinski definition) is 3. The van der Waals surface area contributed by atoms with E-state index in [4.69, 9.17) is 37.8 Å². The normalized spacial score (nSPS) is 12.8. The Kier molecular flexibility index (Phi) is 10.8. The molecule has 0 aliphatic carbocycles. The van der Waals surface area contributed by atoms with Gasteiger partial charge in [-0.05, 0) is 39.0 Å². The van der Waals surface area contributed by atoms with Crippen LogP contribution in [-0.2, 0) is 36.1 Å². The lowest BCUT2D eigenvalue weighted by Crippen LogP contribution is -2.40. The molecule has 4 aromatic rings. The number of carbonyl (C=O) groups excluding carboxylic acids is 2. The standard InChI is InChI=1S/C35H38Cl2N6O6/c1-35(2,3)49-34(47)43-16-13-26-25(19-43)40-32(42(26)4)33(46)41-24-8-6-7-22(29(24)36)23-11-15-39-31(30(23)37)20-9-10-21(27(17-20)48-5)18-38-14-12-28(44)45/h6-11,15,17,38H,12-14,16,18-19H2,1-5H3,(H,41,46)(H,44,45). The number of nitrogens with zero attached hydrogens (tertiary/aromatic N) is 4. The first-order chi connectivity index (χ1) is 23.3. The van der Waals surface area contributed by atoms with Crippen LogP contribution in [0.5, 0.6) is 5.75 Å². The van der Waals surface area contributed by atoms with E-state index in [1.54, 1.807) is 54.1 Å². The van der Waals surface area contributed by atoms with E-state index in [1.807, 2.05) is 39.0 Å². The van der Waals surface area contributed by atoms with E-state index < -0.39 is 23.6 Å². The molecule has 0 fully saturated rings. The summed E-state index contributed by atoms with van der Waals surface area (Å²) in [5, 5.41) is 15.5. The lowest BCUT2D eigenvalue weighted by molar-refractivity contribution is -0.136. The average molecular weight is 710 g/mol. The third-order valence-corrected chi connectivity index (χ3v) is 8.72. The molecular formula is C35H38Cl2N6O6. The van der Waals surface area contributed by atoms with Gasteiger partial charge in [-0.1, -0.05) is 47.5 Å². The Morgan fingerprint density at radius 3 is 2.53 bits per heavy atom. The van der Waals surface area contributed by atoms with Crippen LogP contribution in [0.3, 0.4) is 0 Å². The van der Waals surface area contributed by atoms with E-state index in [9.17, 15) is 14.4 Å². The van der Waals surface area contributed by atoms with Gasteiger partial charge in [0.1, 0.15) is 11.4 Å². The molecule has 12 nitrogen and oxygen atoms in total. The van der Waals surface area contributed by atoms with Gasteiger partial charge in [-0.2, -0.15) is 0 Å². The molecule has 0 unspecified atom stereocenters. The number of methoxy groups -OCH3 is 1. The summed E-state index contributed by atoms with van der Waals surface area (Å²) >= 11 is 13.9.